The molecule has 1 atom stereocenters. The molecule has 5 heteroatoms. The van der Waals surface area contributed by atoms with Crippen molar-refractivity contribution < 1.29 is 9.90 Å². The summed E-state index contributed by atoms with van der Waals surface area (Å²) in [6, 6.07) is 5.96. The Bertz CT molecular complexity index is 493. The average Bonchev–Trinajstić information content (AvgIpc) is 2.85. The van der Waals surface area contributed by atoms with E-state index in [-0.39, 0.29) is 0 Å². The van der Waals surface area contributed by atoms with Gasteiger partial charge < -0.3 is 10.0 Å². The van der Waals surface area contributed by atoms with Crippen molar-refractivity contribution in [3.63, 3.8) is 0 Å². The molecule has 1 aliphatic rings. The van der Waals surface area contributed by atoms with Crippen LogP contribution < -0.4 is 4.90 Å². The molecule has 2 rings (SSSR count). The summed E-state index contributed by atoms with van der Waals surface area (Å²) in [5.74, 6) is -0.882. The maximum atomic E-state index is 11.4. The molecule has 0 spiro atoms. The summed E-state index contributed by atoms with van der Waals surface area (Å²) in [7, 11) is 1.97. The Morgan fingerprint density at radius 2 is 2.30 bits per heavy atom. The third kappa shape index (κ3) is 3.33. The van der Waals surface area contributed by atoms with Crippen molar-refractivity contribution in [1.82, 2.24) is 4.90 Å². The van der Waals surface area contributed by atoms with Gasteiger partial charge in [-0.25, -0.2) is 4.79 Å². The zero-order valence-corrected chi connectivity index (χ0v) is 13.6. The minimum Gasteiger partial charge on any atom is -0.478 e. The number of rotatable bonds is 5. The Balaban J connectivity index is 2.16. The summed E-state index contributed by atoms with van der Waals surface area (Å²) in [5.41, 5.74) is 1.13. The van der Waals surface area contributed by atoms with Gasteiger partial charge in [0.1, 0.15) is 0 Å². The van der Waals surface area contributed by atoms with Gasteiger partial charge in [-0.05, 0) is 44.1 Å². The molecule has 20 heavy (non-hydrogen) atoms. The molecule has 1 saturated heterocycles. The van der Waals surface area contributed by atoms with Gasteiger partial charge in [0, 0.05) is 24.1 Å². The molecule has 1 aromatic rings. The van der Waals surface area contributed by atoms with E-state index in [1.165, 1.54) is 12.8 Å². The van der Waals surface area contributed by atoms with E-state index in [4.69, 9.17) is 0 Å². The van der Waals surface area contributed by atoms with Gasteiger partial charge in [-0.15, -0.1) is 0 Å². The van der Waals surface area contributed by atoms with Crippen LogP contribution >= 0.6 is 15.9 Å². The highest BCUT2D eigenvalue weighted by Gasteiger charge is 2.25. The van der Waals surface area contributed by atoms with Gasteiger partial charge in [-0.2, -0.15) is 0 Å². The summed E-state index contributed by atoms with van der Waals surface area (Å²) in [4.78, 5) is 15.9. The number of hydrogen-bond acceptors (Lipinski definition) is 3. The molecule has 1 N–H and O–H groups in total. The Labute approximate surface area is 128 Å². The number of nitrogens with zero attached hydrogens (tertiary/aromatic N) is 2. The molecule has 1 heterocycles. The summed E-state index contributed by atoms with van der Waals surface area (Å²) < 4.78 is 0.795. The van der Waals surface area contributed by atoms with E-state index >= 15 is 0 Å². The van der Waals surface area contributed by atoms with Gasteiger partial charge in [-0.3, -0.25) is 4.90 Å². The fourth-order valence-electron chi connectivity index (χ4n) is 2.95. The second-order valence-corrected chi connectivity index (χ2v) is 6.19. The molecule has 0 aliphatic carbocycles. The van der Waals surface area contributed by atoms with E-state index in [0.717, 1.165) is 29.8 Å². The van der Waals surface area contributed by atoms with Crippen molar-refractivity contribution in [2.75, 3.05) is 31.6 Å². The Hall–Kier alpha value is -1.07. The van der Waals surface area contributed by atoms with Crippen LogP contribution in [-0.4, -0.2) is 48.7 Å². The first-order valence-corrected chi connectivity index (χ1v) is 7.80. The Morgan fingerprint density at radius 1 is 1.55 bits per heavy atom. The van der Waals surface area contributed by atoms with Crippen LogP contribution in [0, 0.1) is 0 Å². The van der Waals surface area contributed by atoms with Gasteiger partial charge in [0.25, 0.3) is 0 Å². The van der Waals surface area contributed by atoms with Crippen LogP contribution in [0.1, 0.15) is 30.1 Å². The minimum absolute atomic E-state index is 0.350. The molecule has 0 aromatic heterocycles. The van der Waals surface area contributed by atoms with Crippen LogP contribution in [0.3, 0.4) is 0 Å². The second kappa shape index (κ2) is 6.59. The molecular weight excluding hydrogens is 320 g/mol. The zero-order chi connectivity index (χ0) is 14.7. The van der Waals surface area contributed by atoms with Crippen LogP contribution in [0.15, 0.2) is 22.7 Å². The summed E-state index contributed by atoms with van der Waals surface area (Å²) in [6.45, 7) is 5.27. The van der Waals surface area contributed by atoms with Crippen molar-refractivity contribution in [2.45, 2.75) is 25.8 Å². The van der Waals surface area contributed by atoms with Gasteiger partial charge in [0.2, 0.25) is 0 Å². The summed E-state index contributed by atoms with van der Waals surface area (Å²) >= 11 is 3.33. The fraction of sp³-hybridized carbons (Fsp3) is 0.533. The van der Waals surface area contributed by atoms with Crippen LogP contribution in [0.4, 0.5) is 5.69 Å². The predicted molar refractivity (Wildman–Crippen MR) is 84.6 cm³/mol. The number of carboxylic acids is 1. The van der Waals surface area contributed by atoms with Crippen LogP contribution in [0.5, 0.6) is 0 Å². The highest BCUT2D eigenvalue weighted by molar-refractivity contribution is 9.10. The second-order valence-electron chi connectivity index (χ2n) is 5.27. The Kier molecular flexibility index (Phi) is 5.05. The molecule has 0 bridgehead atoms. The van der Waals surface area contributed by atoms with Crippen LogP contribution in [-0.2, 0) is 0 Å². The van der Waals surface area contributed by atoms with Gasteiger partial charge >= 0.3 is 5.97 Å². The zero-order valence-electron chi connectivity index (χ0n) is 12.0. The third-order valence-corrected chi connectivity index (χ3v) is 4.48. The molecule has 4 nitrogen and oxygen atoms in total. The van der Waals surface area contributed by atoms with Crippen molar-refractivity contribution in [3.05, 3.63) is 28.2 Å². The number of aromatic carboxylic acids is 1. The number of carboxylic acid groups (broad SMARTS) is 1. The number of anilines is 1. The maximum absolute atomic E-state index is 11.4. The molecule has 0 amide bonds. The SMILES string of the molecule is CCN1CCCC1CN(C)c1ccc(Br)cc1C(=O)O. The first-order chi connectivity index (χ1) is 9.52. The number of carbonyl (C=O) groups is 1. The molecule has 0 saturated carbocycles. The number of likely N-dealkylation sites (N-methyl/N-ethyl adjacent to an activating group) is 2. The quantitative estimate of drug-likeness (QED) is 0.894. The van der Waals surface area contributed by atoms with Gasteiger partial charge in [0.15, 0.2) is 0 Å². The number of likely N-dealkylation sites (tertiary alicyclic amines) is 1. The molecule has 1 aliphatic heterocycles. The minimum atomic E-state index is -0.882. The van der Waals surface area contributed by atoms with Crippen molar-refractivity contribution in [1.29, 1.82) is 0 Å². The van der Waals surface area contributed by atoms with E-state index in [0.29, 0.717) is 11.6 Å². The number of halogens is 1. The average molecular weight is 341 g/mol. The lowest BCUT2D eigenvalue weighted by atomic mass is 10.1. The molecule has 1 fully saturated rings. The lowest BCUT2D eigenvalue weighted by molar-refractivity contribution is 0.0697. The maximum Gasteiger partial charge on any atom is 0.337 e. The number of hydrogen-bond donors (Lipinski definition) is 1. The van der Waals surface area contributed by atoms with Gasteiger partial charge in [-0.1, -0.05) is 22.9 Å². The summed E-state index contributed by atoms with van der Waals surface area (Å²) in [5, 5.41) is 9.34. The largest absolute Gasteiger partial charge is 0.478 e. The van der Waals surface area contributed by atoms with Crippen molar-refractivity contribution in [2.24, 2.45) is 0 Å². The monoisotopic (exact) mass is 340 g/mol. The first kappa shape index (κ1) is 15.3. The lowest BCUT2D eigenvalue weighted by Crippen LogP contribution is -2.39. The molecule has 0 radical (unpaired) electrons. The Morgan fingerprint density at radius 3 is 2.95 bits per heavy atom. The highest BCUT2D eigenvalue weighted by Crippen LogP contribution is 2.26. The number of benzene rings is 1. The van der Waals surface area contributed by atoms with E-state index in [9.17, 15) is 9.90 Å². The van der Waals surface area contributed by atoms with E-state index in [1.807, 2.05) is 19.2 Å². The topological polar surface area (TPSA) is 43.8 Å². The van der Waals surface area contributed by atoms with E-state index < -0.39 is 5.97 Å². The van der Waals surface area contributed by atoms with E-state index in [1.54, 1.807) is 6.07 Å². The van der Waals surface area contributed by atoms with Crippen LogP contribution in [0.25, 0.3) is 0 Å². The normalized spacial score (nSPS) is 19.2. The molecule has 110 valence electrons. The highest BCUT2D eigenvalue weighted by atomic mass is 79.9. The van der Waals surface area contributed by atoms with Crippen molar-refractivity contribution >= 4 is 27.6 Å². The van der Waals surface area contributed by atoms with Crippen LogP contribution in [0.2, 0.25) is 0 Å². The predicted octanol–water partition coefficient (Wildman–Crippen LogP) is 3.07. The fourth-order valence-corrected chi connectivity index (χ4v) is 3.31. The molecule has 1 aromatic carbocycles. The van der Waals surface area contributed by atoms with Crippen molar-refractivity contribution in [3.8, 4) is 0 Å². The lowest BCUT2D eigenvalue weighted by Gasteiger charge is -2.29. The first-order valence-electron chi connectivity index (χ1n) is 7.01. The molecular formula is C15H21BrN2O2. The smallest absolute Gasteiger partial charge is 0.337 e. The third-order valence-electron chi connectivity index (χ3n) is 3.99. The standard InChI is InChI=1S/C15H21BrN2O2/c1-3-18-8-4-5-12(18)10-17(2)14-7-6-11(16)9-13(14)15(19)20/h6-7,9,12H,3-5,8,10H2,1-2H3,(H,19,20). The van der Waals surface area contributed by atoms with Gasteiger partial charge in [0.05, 0.1) is 11.3 Å². The van der Waals surface area contributed by atoms with E-state index in [2.05, 4.69) is 32.7 Å². The molecule has 1 unspecified atom stereocenters. The summed E-state index contributed by atoms with van der Waals surface area (Å²) in [6.07, 6.45) is 2.43.